The van der Waals surface area contributed by atoms with Gasteiger partial charge in [-0.05, 0) is 18.1 Å². The third-order valence-electron chi connectivity index (χ3n) is 3.31. The zero-order valence-corrected chi connectivity index (χ0v) is 11.0. The minimum absolute atomic E-state index is 0.0197. The van der Waals surface area contributed by atoms with Gasteiger partial charge in [0.2, 0.25) is 0 Å². The van der Waals surface area contributed by atoms with E-state index in [9.17, 15) is 9.90 Å². The first-order valence-corrected chi connectivity index (χ1v) is 6.32. The first-order chi connectivity index (χ1) is 9.13. The molecule has 0 fully saturated rings. The summed E-state index contributed by atoms with van der Waals surface area (Å²) in [6.07, 6.45) is 2.23. The van der Waals surface area contributed by atoms with Gasteiger partial charge < -0.3 is 10.4 Å². The summed E-state index contributed by atoms with van der Waals surface area (Å²) in [6.45, 7) is 3.88. The lowest BCUT2D eigenvalue weighted by Gasteiger charge is -2.21. The third kappa shape index (κ3) is 2.81. The van der Waals surface area contributed by atoms with E-state index in [1.54, 1.807) is 0 Å². The molecule has 2 N–H and O–H groups in total. The monoisotopic (exact) mass is 259 g/mol. The number of rotatable bonds is 5. The van der Waals surface area contributed by atoms with Gasteiger partial charge in [0.1, 0.15) is 18.2 Å². The molecule has 0 spiro atoms. The molecule has 0 amide bonds. The molecular weight excluding hydrogens is 242 g/mol. The Balaban J connectivity index is 2.36. The van der Waals surface area contributed by atoms with E-state index in [2.05, 4.69) is 15.3 Å². The van der Waals surface area contributed by atoms with Crippen LogP contribution in [-0.2, 0) is 4.79 Å². The molecule has 1 aromatic carbocycles. The Morgan fingerprint density at radius 3 is 2.79 bits per heavy atom. The second kappa shape index (κ2) is 5.65. The summed E-state index contributed by atoms with van der Waals surface area (Å²) in [5.74, 6) is -0.276. The number of carboxylic acid groups (broad SMARTS) is 1. The van der Waals surface area contributed by atoms with Crippen LogP contribution >= 0.6 is 0 Å². The van der Waals surface area contributed by atoms with Crippen molar-refractivity contribution < 1.29 is 9.90 Å². The highest BCUT2D eigenvalue weighted by molar-refractivity contribution is 5.90. The molecule has 0 aliphatic rings. The second-order valence-corrected chi connectivity index (χ2v) is 4.59. The van der Waals surface area contributed by atoms with Crippen LogP contribution in [0.4, 0.5) is 5.82 Å². The molecule has 2 aromatic rings. The Bertz CT molecular complexity index is 580. The van der Waals surface area contributed by atoms with Gasteiger partial charge in [-0.25, -0.2) is 14.8 Å². The van der Waals surface area contributed by atoms with E-state index < -0.39 is 12.0 Å². The topological polar surface area (TPSA) is 75.1 Å². The lowest BCUT2D eigenvalue weighted by Crippen LogP contribution is -2.35. The van der Waals surface area contributed by atoms with Gasteiger partial charge in [0.15, 0.2) is 0 Å². The first kappa shape index (κ1) is 13.3. The summed E-state index contributed by atoms with van der Waals surface area (Å²) < 4.78 is 0. The number of carbonyl (C=O) groups is 1. The molecule has 2 atom stereocenters. The third-order valence-corrected chi connectivity index (χ3v) is 3.31. The normalized spacial score (nSPS) is 14.0. The molecule has 5 heteroatoms. The van der Waals surface area contributed by atoms with Crippen LogP contribution in [0, 0.1) is 5.92 Å². The molecule has 5 nitrogen and oxygen atoms in total. The Labute approximate surface area is 111 Å². The van der Waals surface area contributed by atoms with Crippen molar-refractivity contribution in [2.75, 3.05) is 5.32 Å². The molecule has 0 saturated carbocycles. The number of aliphatic carboxylic acids is 1. The van der Waals surface area contributed by atoms with Crippen molar-refractivity contribution in [1.29, 1.82) is 0 Å². The quantitative estimate of drug-likeness (QED) is 0.863. The molecule has 2 rings (SSSR count). The van der Waals surface area contributed by atoms with E-state index in [1.807, 2.05) is 38.1 Å². The number of hydrogen-bond acceptors (Lipinski definition) is 4. The maximum atomic E-state index is 11.3. The van der Waals surface area contributed by atoms with E-state index >= 15 is 0 Å². The fourth-order valence-electron chi connectivity index (χ4n) is 1.95. The van der Waals surface area contributed by atoms with Crippen LogP contribution in [0.1, 0.15) is 20.3 Å². The Hall–Kier alpha value is -2.17. The van der Waals surface area contributed by atoms with E-state index in [1.165, 1.54) is 6.33 Å². The highest BCUT2D eigenvalue weighted by Gasteiger charge is 2.24. The minimum atomic E-state index is -0.864. The van der Waals surface area contributed by atoms with Crippen LogP contribution in [0.5, 0.6) is 0 Å². The predicted octanol–water partition coefficient (Wildman–Crippen LogP) is 2.54. The van der Waals surface area contributed by atoms with Crippen LogP contribution in [-0.4, -0.2) is 27.1 Å². The van der Waals surface area contributed by atoms with Gasteiger partial charge in [-0.15, -0.1) is 0 Å². The van der Waals surface area contributed by atoms with Gasteiger partial charge in [0.25, 0.3) is 0 Å². The van der Waals surface area contributed by atoms with Crippen molar-refractivity contribution in [1.82, 2.24) is 9.97 Å². The minimum Gasteiger partial charge on any atom is -0.480 e. The lowest BCUT2D eigenvalue weighted by atomic mass is 9.99. The van der Waals surface area contributed by atoms with Crippen LogP contribution in [0.3, 0.4) is 0 Å². The van der Waals surface area contributed by atoms with Crippen molar-refractivity contribution in [3.8, 4) is 0 Å². The Kier molecular flexibility index (Phi) is 3.94. The average Bonchev–Trinajstić information content (AvgIpc) is 2.43. The Morgan fingerprint density at radius 1 is 1.37 bits per heavy atom. The highest BCUT2D eigenvalue weighted by atomic mass is 16.4. The zero-order chi connectivity index (χ0) is 13.8. The van der Waals surface area contributed by atoms with Crippen molar-refractivity contribution in [2.45, 2.75) is 26.3 Å². The second-order valence-electron chi connectivity index (χ2n) is 4.59. The SMILES string of the molecule is CC[C@@H](C)[C@@H](Nc1ncnc2ccccc12)C(=O)O. The summed E-state index contributed by atoms with van der Waals surface area (Å²) in [4.78, 5) is 19.7. The summed E-state index contributed by atoms with van der Waals surface area (Å²) in [7, 11) is 0. The molecule has 0 bridgehead atoms. The van der Waals surface area contributed by atoms with Gasteiger partial charge in [-0.2, -0.15) is 0 Å². The van der Waals surface area contributed by atoms with Crippen molar-refractivity contribution in [2.24, 2.45) is 5.92 Å². The van der Waals surface area contributed by atoms with E-state index in [4.69, 9.17) is 0 Å². The van der Waals surface area contributed by atoms with E-state index in [0.29, 0.717) is 5.82 Å². The van der Waals surface area contributed by atoms with Gasteiger partial charge in [0, 0.05) is 5.39 Å². The molecular formula is C14H17N3O2. The maximum absolute atomic E-state index is 11.3. The van der Waals surface area contributed by atoms with Crippen LogP contribution in [0.15, 0.2) is 30.6 Å². The lowest BCUT2D eigenvalue weighted by molar-refractivity contribution is -0.139. The van der Waals surface area contributed by atoms with Gasteiger partial charge in [-0.3, -0.25) is 0 Å². The number of nitrogens with zero attached hydrogens (tertiary/aromatic N) is 2. The van der Waals surface area contributed by atoms with Gasteiger partial charge in [-0.1, -0.05) is 32.4 Å². The molecule has 0 saturated heterocycles. The number of hydrogen-bond donors (Lipinski definition) is 2. The number of anilines is 1. The summed E-state index contributed by atoms with van der Waals surface area (Å²) in [6, 6.07) is 6.88. The maximum Gasteiger partial charge on any atom is 0.326 e. The molecule has 0 unspecified atom stereocenters. The number of fused-ring (bicyclic) bond motifs is 1. The summed E-state index contributed by atoms with van der Waals surface area (Å²) >= 11 is 0. The first-order valence-electron chi connectivity index (χ1n) is 6.32. The van der Waals surface area contributed by atoms with Gasteiger partial charge in [0.05, 0.1) is 5.52 Å². The number of carboxylic acids is 1. The molecule has 1 aromatic heterocycles. The molecule has 0 aliphatic carbocycles. The van der Waals surface area contributed by atoms with Crippen molar-refractivity contribution in [3.05, 3.63) is 30.6 Å². The van der Waals surface area contributed by atoms with Crippen LogP contribution < -0.4 is 5.32 Å². The fourth-order valence-corrected chi connectivity index (χ4v) is 1.95. The number of nitrogens with one attached hydrogen (secondary N) is 1. The number of aromatic nitrogens is 2. The predicted molar refractivity (Wildman–Crippen MR) is 74.0 cm³/mol. The summed E-state index contributed by atoms with van der Waals surface area (Å²) in [5.41, 5.74) is 0.799. The van der Waals surface area contributed by atoms with Gasteiger partial charge >= 0.3 is 5.97 Å². The summed E-state index contributed by atoms with van der Waals surface area (Å²) in [5, 5.41) is 13.2. The van der Waals surface area contributed by atoms with E-state index in [-0.39, 0.29) is 5.92 Å². The highest BCUT2D eigenvalue weighted by Crippen LogP contribution is 2.21. The van der Waals surface area contributed by atoms with Crippen LogP contribution in [0.2, 0.25) is 0 Å². The van der Waals surface area contributed by atoms with Crippen molar-refractivity contribution >= 4 is 22.7 Å². The standard InChI is InChI=1S/C14H17N3O2/c1-3-9(2)12(14(18)19)17-13-10-6-4-5-7-11(10)15-8-16-13/h4-9,12H,3H2,1-2H3,(H,18,19)(H,15,16,17)/t9-,12-/m1/s1. The molecule has 0 radical (unpaired) electrons. The largest absolute Gasteiger partial charge is 0.480 e. The molecule has 1 heterocycles. The molecule has 100 valence electrons. The number of para-hydroxylation sites is 1. The Morgan fingerprint density at radius 2 is 2.11 bits per heavy atom. The molecule has 19 heavy (non-hydrogen) atoms. The fraction of sp³-hybridized carbons (Fsp3) is 0.357. The van der Waals surface area contributed by atoms with E-state index in [0.717, 1.165) is 17.3 Å². The smallest absolute Gasteiger partial charge is 0.326 e. The average molecular weight is 259 g/mol. The van der Waals surface area contributed by atoms with Crippen molar-refractivity contribution in [3.63, 3.8) is 0 Å². The zero-order valence-electron chi connectivity index (χ0n) is 11.0. The molecule has 0 aliphatic heterocycles. The number of benzene rings is 1. The van der Waals surface area contributed by atoms with Crippen LogP contribution in [0.25, 0.3) is 10.9 Å².